The van der Waals surface area contributed by atoms with Crippen LogP contribution in [0.25, 0.3) is 0 Å². The van der Waals surface area contributed by atoms with Crippen LogP contribution in [0.15, 0.2) is 42.6 Å². The van der Waals surface area contributed by atoms with Crippen LogP contribution in [0.2, 0.25) is 0 Å². The van der Waals surface area contributed by atoms with Gasteiger partial charge in [-0.05, 0) is 37.1 Å². The van der Waals surface area contributed by atoms with E-state index in [0.717, 1.165) is 25.2 Å². The lowest BCUT2D eigenvalue weighted by Crippen LogP contribution is -2.53. The molecule has 2 aliphatic heterocycles. The molecule has 2 amide bonds. The number of pyridine rings is 1. The first-order chi connectivity index (χ1) is 12.1. The number of amides is 2. The fourth-order valence-corrected chi connectivity index (χ4v) is 3.46. The summed E-state index contributed by atoms with van der Waals surface area (Å²) >= 11 is 0. The van der Waals surface area contributed by atoms with Crippen molar-refractivity contribution < 1.29 is 14.0 Å². The maximum Gasteiger partial charge on any atom is 0.250 e. The molecule has 7 heteroatoms. The van der Waals surface area contributed by atoms with Crippen molar-refractivity contribution in [1.82, 2.24) is 4.98 Å². The van der Waals surface area contributed by atoms with E-state index in [-0.39, 0.29) is 24.2 Å². The molecule has 128 valence electrons. The van der Waals surface area contributed by atoms with Crippen LogP contribution in [0.4, 0.5) is 21.6 Å². The van der Waals surface area contributed by atoms with Crippen LogP contribution in [-0.2, 0) is 9.59 Å². The van der Waals surface area contributed by atoms with E-state index in [4.69, 9.17) is 0 Å². The van der Waals surface area contributed by atoms with Gasteiger partial charge in [-0.15, -0.1) is 0 Å². The molecule has 0 saturated carbocycles. The number of rotatable bonds is 3. The number of anilines is 3. The van der Waals surface area contributed by atoms with Crippen molar-refractivity contribution in [3.63, 3.8) is 0 Å². The van der Waals surface area contributed by atoms with Gasteiger partial charge in [0.1, 0.15) is 18.4 Å². The zero-order valence-electron chi connectivity index (χ0n) is 13.5. The van der Waals surface area contributed by atoms with Gasteiger partial charge in [-0.3, -0.25) is 14.5 Å². The van der Waals surface area contributed by atoms with Gasteiger partial charge in [0.2, 0.25) is 11.8 Å². The molecular weight excluding hydrogens is 323 g/mol. The first-order valence-corrected chi connectivity index (χ1v) is 8.22. The first-order valence-electron chi connectivity index (χ1n) is 8.22. The Bertz CT molecular complexity index is 841. The summed E-state index contributed by atoms with van der Waals surface area (Å²) < 4.78 is 13.7. The molecule has 0 spiro atoms. The number of halogens is 1. The second-order valence-corrected chi connectivity index (χ2v) is 6.15. The molecule has 1 N–H and O–H groups in total. The van der Waals surface area contributed by atoms with E-state index >= 15 is 0 Å². The molecule has 0 unspecified atom stereocenters. The van der Waals surface area contributed by atoms with Gasteiger partial charge < -0.3 is 10.2 Å². The zero-order valence-corrected chi connectivity index (χ0v) is 13.5. The average Bonchev–Trinajstić information content (AvgIpc) is 3.11. The molecular formula is C18H17FN4O2. The van der Waals surface area contributed by atoms with Crippen molar-refractivity contribution in [3.05, 3.63) is 48.4 Å². The van der Waals surface area contributed by atoms with E-state index in [9.17, 15) is 14.0 Å². The molecule has 0 bridgehead atoms. The van der Waals surface area contributed by atoms with E-state index in [2.05, 4.69) is 10.3 Å². The first kappa shape index (κ1) is 15.6. The number of benzene rings is 1. The van der Waals surface area contributed by atoms with Gasteiger partial charge in [0, 0.05) is 12.7 Å². The fourth-order valence-electron chi connectivity index (χ4n) is 3.46. The summed E-state index contributed by atoms with van der Waals surface area (Å²) in [7, 11) is 0. The Labute approximate surface area is 144 Å². The number of carbonyl (C=O) groups excluding carboxylic acids is 2. The maximum absolute atomic E-state index is 13.7. The minimum atomic E-state index is -0.509. The number of carbonyl (C=O) groups is 2. The summed E-state index contributed by atoms with van der Waals surface area (Å²) in [5.41, 5.74) is 0.722. The molecule has 4 rings (SSSR count). The molecule has 0 radical (unpaired) electrons. The van der Waals surface area contributed by atoms with Gasteiger partial charge in [0.25, 0.3) is 0 Å². The highest BCUT2D eigenvalue weighted by atomic mass is 19.1. The Morgan fingerprint density at radius 2 is 2.12 bits per heavy atom. The maximum atomic E-state index is 13.7. The molecule has 1 saturated heterocycles. The number of hydrogen-bond acceptors (Lipinski definition) is 4. The quantitative estimate of drug-likeness (QED) is 0.930. The lowest BCUT2D eigenvalue weighted by atomic mass is 10.1. The van der Waals surface area contributed by atoms with Crippen LogP contribution in [-0.4, -0.2) is 35.9 Å². The Balaban J connectivity index is 1.59. The third kappa shape index (κ3) is 2.71. The van der Waals surface area contributed by atoms with Crippen LogP contribution in [0.3, 0.4) is 0 Å². The Kier molecular flexibility index (Phi) is 3.83. The van der Waals surface area contributed by atoms with Crippen molar-refractivity contribution in [2.24, 2.45) is 0 Å². The summed E-state index contributed by atoms with van der Waals surface area (Å²) in [6.07, 6.45) is 3.35. The SMILES string of the molecule is O=C(CN1C(=O)[C@H]2CCCN2c2ncccc21)Nc1ccccc1F. The molecule has 1 aromatic carbocycles. The van der Waals surface area contributed by atoms with Gasteiger partial charge in [0.05, 0.1) is 11.4 Å². The number of hydrogen-bond donors (Lipinski definition) is 1. The third-order valence-corrected chi connectivity index (χ3v) is 4.58. The summed E-state index contributed by atoms with van der Waals surface area (Å²) in [6.45, 7) is 0.617. The molecule has 2 aromatic rings. The van der Waals surface area contributed by atoms with Gasteiger partial charge >= 0.3 is 0 Å². The second kappa shape index (κ2) is 6.16. The number of nitrogens with zero attached hydrogens (tertiary/aromatic N) is 3. The van der Waals surface area contributed by atoms with Crippen LogP contribution in [0.1, 0.15) is 12.8 Å². The lowest BCUT2D eigenvalue weighted by Gasteiger charge is -2.38. The third-order valence-electron chi connectivity index (χ3n) is 4.58. The summed E-state index contributed by atoms with van der Waals surface area (Å²) in [5.74, 6) is -0.338. The zero-order chi connectivity index (χ0) is 17.4. The van der Waals surface area contributed by atoms with Crippen LogP contribution >= 0.6 is 0 Å². The normalized spacial score (nSPS) is 18.8. The van der Waals surface area contributed by atoms with E-state index in [0.29, 0.717) is 5.69 Å². The molecule has 2 aliphatic rings. The molecule has 25 heavy (non-hydrogen) atoms. The number of para-hydroxylation sites is 1. The topological polar surface area (TPSA) is 65.5 Å². The largest absolute Gasteiger partial charge is 0.343 e. The van der Waals surface area contributed by atoms with Crippen LogP contribution < -0.4 is 15.1 Å². The highest BCUT2D eigenvalue weighted by molar-refractivity contribution is 6.09. The van der Waals surface area contributed by atoms with Crippen molar-refractivity contribution in [1.29, 1.82) is 0 Å². The molecule has 1 aromatic heterocycles. The van der Waals surface area contributed by atoms with Crippen LogP contribution in [0.5, 0.6) is 0 Å². The Morgan fingerprint density at radius 1 is 1.28 bits per heavy atom. The highest BCUT2D eigenvalue weighted by Gasteiger charge is 2.42. The summed E-state index contributed by atoms with van der Waals surface area (Å²) in [6, 6.07) is 9.20. The molecule has 1 fully saturated rings. The molecule has 6 nitrogen and oxygen atoms in total. The molecule has 0 aliphatic carbocycles. The fraction of sp³-hybridized carbons (Fsp3) is 0.278. The number of aromatic nitrogens is 1. The van der Waals surface area contributed by atoms with Crippen LogP contribution in [0, 0.1) is 5.82 Å². The highest BCUT2D eigenvalue weighted by Crippen LogP contribution is 2.38. The average molecular weight is 340 g/mol. The van der Waals surface area contributed by atoms with Crippen molar-refractivity contribution in [2.45, 2.75) is 18.9 Å². The second-order valence-electron chi connectivity index (χ2n) is 6.15. The standard InChI is InChI=1S/C18H17FN4O2/c19-12-5-1-2-6-13(12)21-16(24)11-23-14-7-3-9-20-17(14)22-10-4-8-15(22)18(23)25/h1-3,5-7,9,15H,4,8,10-11H2,(H,21,24)/t15-/m1/s1. The van der Waals surface area contributed by atoms with Gasteiger partial charge in [0.15, 0.2) is 5.82 Å². The van der Waals surface area contributed by atoms with Gasteiger partial charge in [-0.1, -0.05) is 12.1 Å². The van der Waals surface area contributed by atoms with Crippen molar-refractivity contribution in [2.75, 3.05) is 28.2 Å². The van der Waals surface area contributed by atoms with Gasteiger partial charge in [-0.2, -0.15) is 0 Å². The van der Waals surface area contributed by atoms with E-state index in [1.807, 2.05) is 4.90 Å². The number of fused-ring (bicyclic) bond motifs is 3. The smallest absolute Gasteiger partial charge is 0.250 e. The van der Waals surface area contributed by atoms with E-state index < -0.39 is 11.7 Å². The van der Waals surface area contributed by atoms with E-state index in [1.54, 1.807) is 30.5 Å². The van der Waals surface area contributed by atoms with Gasteiger partial charge in [-0.25, -0.2) is 9.37 Å². The Morgan fingerprint density at radius 3 is 2.96 bits per heavy atom. The molecule has 1 atom stereocenters. The molecule has 3 heterocycles. The summed E-state index contributed by atoms with van der Waals surface area (Å²) in [4.78, 5) is 33.0. The minimum Gasteiger partial charge on any atom is -0.343 e. The monoisotopic (exact) mass is 340 g/mol. The number of nitrogens with one attached hydrogen (secondary N) is 1. The Hall–Kier alpha value is -2.96. The minimum absolute atomic E-state index is 0.103. The lowest BCUT2D eigenvalue weighted by molar-refractivity contribution is -0.122. The predicted molar refractivity (Wildman–Crippen MR) is 92.0 cm³/mol. The predicted octanol–water partition coefficient (Wildman–Crippen LogP) is 2.17. The summed E-state index contributed by atoms with van der Waals surface area (Å²) in [5, 5.41) is 2.53. The van der Waals surface area contributed by atoms with Crippen molar-refractivity contribution >= 4 is 29.0 Å². The van der Waals surface area contributed by atoms with E-state index in [1.165, 1.54) is 17.0 Å². The van der Waals surface area contributed by atoms with Crippen molar-refractivity contribution in [3.8, 4) is 0 Å².